The molecule has 0 aromatic rings. The monoisotopic (exact) mass is 224 g/mol. The van der Waals surface area contributed by atoms with Crippen molar-refractivity contribution in [1.82, 2.24) is 0 Å². The quantitative estimate of drug-likeness (QED) is 0.329. The van der Waals surface area contributed by atoms with E-state index in [2.05, 4.69) is 0 Å². The first-order valence-electron chi connectivity index (χ1n) is 1.99. The van der Waals surface area contributed by atoms with Crippen molar-refractivity contribution < 1.29 is 17.5 Å². The first kappa shape index (κ1) is 17.5. The third-order valence-electron chi connectivity index (χ3n) is 0. The zero-order chi connectivity index (χ0) is 9.91. The number of nitrogens with two attached hydrogens (primary N) is 2. The van der Waals surface area contributed by atoms with Crippen LogP contribution in [0.25, 0.3) is 0 Å². The molecule has 0 aliphatic heterocycles. The van der Waals surface area contributed by atoms with Crippen molar-refractivity contribution in [3.05, 3.63) is 0 Å². The van der Waals surface area contributed by atoms with Crippen LogP contribution in [0.1, 0.15) is 0 Å². The van der Waals surface area contributed by atoms with Gasteiger partial charge in [-0.25, -0.2) is 0 Å². The molecule has 0 amide bonds. The van der Waals surface area contributed by atoms with Crippen LogP contribution in [-0.4, -0.2) is 30.0 Å². The molecule has 0 aromatic heterocycles. The Morgan fingerprint density at radius 2 is 1.09 bits per heavy atom. The molecule has 0 fully saturated rings. The van der Waals surface area contributed by atoms with E-state index in [0.717, 1.165) is 0 Å². The molecule has 0 rings (SSSR count). The Morgan fingerprint density at radius 3 is 1.09 bits per heavy atom. The van der Waals surface area contributed by atoms with Gasteiger partial charge in [-0.05, 0) is 12.5 Å². The summed E-state index contributed by atoms with van der Waals surface area (Å²) in [5.74, 6) is 0. The van der Waals surface area contributed by atoms with Gasteiger partial charge in [-0.1, -0.05) is 23.9 Å². The first-order chi connectivity index (χ1) is 4.83. The van der Waals surface area contributed by atoms with Gasteiger partial charge >= 0.3 is 10.4 Å². The van der Waals surface area contributed by atoms with Gasteiger partial charge in [-0.2, -0.15) is 8.42 Å². The fraction of sp³-hybridized carbons (Fsp3) is 1.00. The molecule has 0 aliphatic carbocycles. The molecule has 0 aliphatic rings. The summed E-state index contributed by atoms with van der Waals surface area (Å²) in [6.45, 7) is 0. The zero-order valence-corrected chi connectivity index (χ0v) is 8.54. The van der Waals surface area contributed by atoms with Gasteiger partial charge in [0.05, 0.1) is 0 Å². The molecule has 6 nitrogen and oxygen atoms in total. The molecule has 0 unspecified atom stereocenters. The molecule has 0 heterocycles. The lowest BCUT2D eigenvalue weighted by Gasteiger charge is -1.68. The van der Waals surface area contributed by atoms with E-state index >= 15 is 0 Å². The van der Waals surface area contributed by atoms with E-state index in [1.807, 2.05) is 12.5 Å². The number of rotatable bonds is 0. The molecule has 0 bridgehead atoms. The molecule has 0 saturated heterocycles. The van der Waals surface area contributed by atoms with E-state index < -0.39 is 10.4 Å². The highest BCUT2D eigenvalue weighted by atomic mass is 32.3. The fourth-order valence-corrected chi connectivity index (χ4v) is 0. The lowest BCUT2D eigenvalue weighted by atomic mass is 12.0. The lowest BCUT2D eigenvalue weighted by molar-refractivity contribution is 0.381. The van der Waals surface area contributed by atoms with E-state index in [0.29, 0.717) is 0 Å². The van der Waals surface area contributed by atoms with Gasteiger partial charge in [0.15, 0.2) is 0 Å². The Hall–Kier alpha value is 0.490. The van der Waals surface area contributed by atoms with Crippen LogP contribution in [-0.2, 0) is 10.4 Å². The SMILES string of the molecule is CSN.CSN.O=S(=O)(O)O. The molecule has 0 spiro atoms. The van der Waals surface area contributed by atoms with Crippen molar-refractivity contribution >= 4 is 34.3 Å². The van der Waals surface area contributed by atoms with Gasteiger partial charge in [0, 0.05) is 0 Å². The Balaban J connectivity index is -0.0000000933. The largest absolute Gasteiger partial charge is 0.394 e. The highest BCUT2D eigenvalue weighted by Crippen LogP contribution is 1.59. The van der Waals surface area contributed by atoms with Crippen LogP contribution >= 0.6 is 23.9 Å². The highest BCUT2D eigenvalue weighted by Gasteiger charge is 1.84. The van der Waals surface area contributed by atoms with Crippen molar-refractivity contribution in [2.45, 2.75) is 0 Å². The highest BCUT2D eigenvalue weighted by molar-refractivity contribution is 7.96. The second kappa shape index (κ2) is 13.1. The predicted octanol–water partition coefficient (Wildman–Crippen LogP) is -0.207. The molecule has 0 radical (unpaired) electrons. The summed E-state index contributed by atoms with van der Waals surface area (Å²) in [4.78, 5) is 0. The van der Waals surface area contributed by atoms with Crippen molar-refractivity contribution in [1.29, 1.82) is 0 Å². The maximum atomic E-state index is 8.74. The fourth-order valence-electron chi connectivity index (χ4n) is 0. The van der Waals surface area contributed by atoms with Crippen molar-refractivity contribution in [3.8, 4) is 0 Å². The number of hydrogen-bond donors (Lipinski definition) is 4. The van der Waals surface area contributed by atoms with Crippen molar-refractivity contribution in [2.24, 2.45) is 10.3 Å². The molecule has 11 heavy (non-hydrogen) atoms. The topological polar surface area (TPSA) is 127 Å². The maximum absolute atomic E-state index is 8.74. The summed E-state index contributed by atoms with van der Waals surface area (Å²) in [6.07, 6.45) is 3.64. The summed E-state index contributed by atoms with van der Waals surface area (Å²) in [7, 11) is -4.67. The standard InChI is InChI=1S/2CH5NS.H2O4S/c2*1-3-2;1-5(2,3)4/h2*2H2,1H3;(H2,1,2,3,4). The van der Waals surface area contributed by atoms with E-state index in [-0.39, 0.29) is 0 Å². The summed E-state index contributed by atoms with van der Waals surface area (Å²) in [6, 6.07) is 0. The molecule has 9 heteroatoms. The van der Waals surface area contributed by atoms with Crippen LogP contribution in [0, 0.1) is 0 Å². The van der Waals surface area contributed by atoms with Crippen molar-refractivity contribution in [3.63, 3.8) is 0 Å². The lowest BCUT2D eigenvalue weighted by Crippen LogP contribution is -1.89. The average molecular weight is 224 g/mol. The summed E-state index contributed by atoms with van der Waals surface area (Å²) in [5.41, 5.74) is 0. The normalized spacial score (nSPS) is 8.55. The second-order valence-electron chi connectivity index (χ2n) is 0.919. The van der Waals surface area contributed by atoms with Gasteiger partial charge in [-0.15, -0.1) is 0 Å². The first-order valence-corrected chi connectivity index (χ1v) is 5.96. The van der Waals surface area contributed by atoms with Crippen LogP contribution in [0.3, 0.4) is 0 Å². The third-order valence-corrected chi connectivity index (χ3v) is 0. The molecular formula is C2H12N2O4S3. The van der Waals surface area contributed by atoms with Crippen LogP contribution < -0.4 is 10.3 Å². The Kier molecular flexibility index (Phi) is 20.9. The van der Waals surface area contributed by atoms with E-state index in [1.165, 1.54) is 23.9 Å². The summed E-state index contributed by atoms with van der Waals surface area (Å²) in [5, 5.41) is 9.53. The number of hydrogen-bond acceptors (Lipinski definition) is 6. The van der Waals surface area contributed by atoms with Gasteiger partial charge in [0.2, 0.25) is 0 Å². The second-order valence-corrected chi connectivity index (χ2v) is 2.76. The molecule has 72 valence electrons. The van der Waals surface area contributed by atoms with Crippen LogP contribution in [0.2, 0.25) is 0 Å². The molecule has 6 N–H and O–H groups in total. The van der Waals surface area contributed by atoms with Crippen LogP contribution in [0.15, 0.2) is 0 Å². The Bertz CT molecular complexity index is 124. The minimum absolute atomic E-state index is 1.25. The molecule has 0 atom stereocenters. The van der Waals surface area contributed by atoms with Gasteiger partial charge in [-0.3, -0.25) is 19.4 Å². The van der Waals surface area contributed by atoms with Gasteiger partial charge in [0.1, 0.15) is 0 Å². The predicted molar refractivity (Wildman–Crippen MR) is 49.6 cm³/mol. The van der Waals surface area contributed by atoms with Crippen LogP contribution in [0.5, 0.6) is 0 Å². The molecule has 0 aromatic carbocycles. The zero-order valence-electron chi connectivity index (χ0n) is 6.09. The minimum Gasteiger partial charge on any atom is -0.278 e. The van der Waals surface area contributed by atoms with Crippen LogP contribution in [0.4, 0.5) is 0 Å². The minimum atomic E-state index is -4.67. The molecule has 0 saturated carbocycles. The molecular weight excluding hydrogens is 212 g/mol. The summed E-state index contributed by atoms with van der Waals surface area (Å²) >= 11 is 2.50. The smallest absolute Gasteiger partial charge is 0.278 e. The third kappa shape index (κ3) is 3150. The van der Waals surface area contributed by atoms with Gasteiger partial charge < -0.3 is 0 Å². The van der Waals surface area contributed by atoms with E-state index in [1.54, 1.807) is 0 Å². The Morgan fingerprint density at radius 1 is 1.09 bits per heavy atom. The Labute approximate surface area is 74.9 Å². The maximum Gasteiger partial charge on any atom is 0.394 e. The van der Waals surface area contributed by atoms with E-state index in [9.17, 15) is 0 Å². The average Bonchev–Trinajstić information content (AvgIpc) is 1.62. The van der Waals surface area contributed by atoms with Crippen molar-refractivity contribution in [2.75, 3.05) is 12.5 Å². The summed E-state index contributed by atoms with van der Waals surface area (Å²) < 4.78 is 31.6. The van der Waals surface area contributed by atoms with E-state index in [4.69, 9.17) is 27.8 Å². The van der Waals surface area contributed by atoms with Gasteiger partial charge in [0.25, 0.3) is 0 Å².